The highest BCUT2D eigenvalue weighted by molar-refractivity contribution is 9.10. The molecular weight excluding hydrogens is 362 g/mol. The molecule has 2 rings (SSSR count). The largest absolute Gasteiger partial charge is 0.271 e. The Balaban J connectivity index is 2.39. The van der Waals surface area contributed by atoms with Crippen molar-refractivity contribution in [3.8, 4) is 0 Å². The second-order valence-corrected chi connectivity index (χ2v) is 6.07. The van der Waals surface area contributed by atoms with Crippen LogP contribution in [0.1, 0.15) is 22.7 Å². The molecule has 0 spiro atoms. The maximum atomic E-state index is 14.2. The van der Waals surface area contributed by atoms with Gasteiger partial charge in [0.05, 0.1) is 6.04 Å². The van der Waals surface area contributed by atoms with Crippen molar-refractivity contribution in [3.05, 3.63) is 68.2 Å². The number of nitrogens with two attached hydrogens (primary N) is 1. The van der Waals surface area contributed by atoms with Crippen molar-refractivity contribution >= 4 is 27.5 Å². The molecule has 0 aliphatic carbocycles. The van der Waals surface area contributed by atoms with Crippen LogP contribution in [0, 0.1) is 18.6 Å². The van der Waals surface area contributed by atoms with Crippen LogP contribution < -0.4 is 11.3 Å². The van der Waals surface area contributed by atoms with E-state index < -0.39 is 17.7 Å². The van der Waals surface area contributed by atoms with Gasteiger partial charge in [0.2, 0.25) is 0 Å². The van der Waals surface area contributed by atoms with Gasteiger partial charge in [-0.2, -0.15) is 0 Å². The van der Waals surface area contributed by atoms with Crippen molar-refractivity contribution in [1.29, 1.82) is 0 Å². The van der Waals surface area contributed by atoms with Crippen molar-refractivity contribution in [1.82, 2.24) is 5.43 Å². The van der Waals surface area contributed by atoms with Gasteiger partial charge in [-0.15, -0.1) is 0 Å². The lowest BCUT2D eigenvalue weighted by Crippen LogP contribution is -2.31. The van der Waals surface area contributed by atoms with Gasteiger partial charge in [0.25, 0.3) is 0 Å². The lowest BCUT2D eigenvalue weighted by atomic mass is 9.97. The van der Waals surface area contributed by atoms with Crippen LogP contribution in [-0.4, -0.2) is 0 Å². The number of nitrogens with one attached hydrogen (secondary N) is 1. The average Bonchev–Trinajstić information content (AvgIpc) is 2.44. The fraction of sp³-hybridized carbons (Fsp3) is 0.200. The van der Waals surface area contributed by atoms with Crippen LogP contribution in [-0.2, 0) is 6.42 Å². The molecule has 1 atom stereocenters. The van der Waals surface area contributed by atoms with E-state index in [0.717, 1.165) is 10.0 Å². The molecule has 0 fully saturated rings. The van der Waals surface area contributed by atoms with Crippen molar-refractivity contribution < 1.29 is 8.78 Å². The summed E-state index contributed by atoms with van der Waals surface area (Å²) in [6.07, 6.45) is 0.278. The molecule has 0 amide bonds. The third-order valence-electron chi connectivity index (χ3n) is 3.31. The average molecular weight is 376 g/mol. The minimum absolute atomic E-state index is 0.0727. The topological polar surface area (TPSA) is 38.0 Å². The van der Waals surface area contributed by atoms with Crippen LogP contribution in [0.2, 0.25) is 5.02 Å². The van der Waals surface area contributed by atoms with Gasteiger partial charge in [0.1, 0.15) is 11.6 Å². The van der Waals surface area contributed by atoms with E-state index in [-0.39, 0.29) is 12.0 Å². The lowest BCUT2D eigenvalue weighted by Gasteiger charge is -2.19. The molecule has 0 aromatic heterocycles. The molecular formula is C15H14BrClF2N2. The third kappa shape index (κ3) is 3.61. The van der Waals surface area contributed by atoms with Gasteiger partial charge in [0, 0.05) is 15.1 Å². The molecule has 0 bridgehead atoms. The summed E-state index contributed by atoms with van der Waals surface area (Å²) in [7, 11) is 0. The number of hydrogen-bond acceptors (Lipinski definition) is 2. The number of hydrogen-bond donors (Lipinski definition) is 2. The van der Waals surface area contributed by atoms with Crippen LogP contribution in [0.15, 0.2) is 34.8 Å². The Morgan fingerprint density at radius 1 is 1.29 bits per heavy atom. The van der Waals surface area contributed by atoms with Crippen LogP contribution in [0.25, 0.3) is 0 Å². The van der Waals surface area contributed by atoms with Crippen molar-refractivity contribution in [2.75, 3.05) is 0 Å². The zero-order valence-electron chi connectivity index (χ0n) is 11.3. The first-order valence-corrected chi connectivity index (χ1v) is 7.45. The SMILES string of the molecule is Cc1ccc(F)c(C(Cc2ccc(Br)cc2Cl)NN)c1F. The molecule has 112 valence electrons. The van der Waals surface area contributed by atoms with E-state index in [9.17, 15) is 8.78 Å². The van der Waals surface area contributed by atoms with Gasteiger partial charge in [-0.1, -0.05) is 39.7 Å². The summed E-state index contributed by atoms with van der Waals surface area (Å²) in [5, 5.41) is 0.512. The molecule has 0 heterocycles. The summed E-state index contributed by atoms with van der Waals surface area (Å²) in [6, 6.07) is 7.27. The Labute approximate surface area is 135 Å². The van der Waals surface area contributed by atoms with E-state index >= 15 is 0 Å². The van der Waals surface area contributed by atoms with Crippen LogP contribution in [0.5, 0.6) is 0 Å². The number of rotatable bonds is 4. The Morgan fingerprint density at radius 2 is 2.00 bits per heavy atom. The number of hydrazine groups is 1. The zero-order chi connectivity index (χ0) is 15.6. The second-order valence-electron chi connectivity index (χ2n) is 4.75. The van der Waals surface area contributed by atoms with Gasteiger partial charge in [-0.25, -0.2) is 8.78 Å². The van der Waals surface area contributed by atoms with E-state index in [1.165, 1.54) is 12.1 Å². The maximum absolute atomic E-state index is 14.2. The first-order valence-electron chi connectivity index (χ1n) is 6.28. The Morgan fingerprint density at radius 3 is 2.62 bits per heavy atom. The standard InChI is InChI=1S/C15H14BrClF2N2/c1-8-2-5-12(18)14(15(8)19)13(21-20)6-9-3-4-10(16)7-11(9)17/h2-5,7,13,21H,6,20H2,1H3. The van der Waals surface area contributed by atoms with Crippen molar-refractivity contribution in [3.63, 3.8) is 0 Å². The highest BCUT2D eigenvalue weighted by Gasteiger charge is 2.21. The van der Waals surface area contributed by atoms with E-state index in [2.05, 4.69) is 21.4 Å². The van der Waals surface area contributed by atoms with E-state index in [0.29, 0.717) is 10.6 Å². The van der Waals surface area contributed by atoms with E-state index in [1.54, 1.807) is 19.1 Å². The number of halogens is 4. The van der Waals surface area contributed by atoms with Gasteiger partial charge in [0.15, 0.2) is 0 Å². The van der Waals surface area contributed by atoms with Crippen LogP contribution in [0.3, 0.4) is 0 Å². The van der Waals surface area contributed by atoms with Crippen molar-refractivity contribution in [2.24, 2.45) is 5.84 Å². The molecule has 2 aromatic carbocycles. The first-order chi connectivity index (χ1) is 9.93. The minimum atomic E-state index is -0.705. The fourth-order valence-corrected chi connectivity index (χ4v) is 2.90. The summed E-state index contributed by atoms with van der Waals surface area (Å²) >= 11 is 9.46. The molecule has 0 aliphatic heterocycles. The highest BCUT2D eigenvalue weighted by atomic mass is 79.9. The van der Waals surface area contributed by atoms with Gasteiger partial charge >= 0.3 is 0 Å². The van der Waals surface area contributed by atoms with Crippen LogP contribution >= 0.6 is 27.5 Å². The molecule has 0 saturated heterocycles. The quantitative estimate of drug-likeness (QED) is 0.612. The normalized spacial score (nSPS) is 12.5. The van der Waals surface area contributed by atoms with Gasteiger partial charge < -0.3 is 0 Å². The van der Waals surface area contributed by atoms with Crippen molar-refractivity contribution in [2.45, 2.75) is 19.4 Å². The van der Waals surface area contributed by atoms with E-state index in [4.69, 9.17) is 17.4 Å². The summed E-state index contributed by atoms with van der Waals surface area (Å²) < 4.78 is 29.0. The Kier molecular flexibility index (Phi) is 5.32. The monoisotopic (exact) mass is 374 g/mol. The van der Waals surface area contributed by atoms with Gasteiger partial charge in [-0.3, -0.25) is 11.3 Å². The molecule has 2 nitrogen and oxygen atoms in total. The third-order valence-corrected chi connectivity index (χ3v) is 4.15. The number of aryl methyl sites for hydroxylation is 1. The summed E-state index contributed by atoms with van der Waals surface area (Å²) in [5.74, 6) is 4.26. The summed E-state index contributed by atoms with van der Waals surface area (Å²) in [4.78, 5) is 0. The number of benzene rings is 2. The van der Waals surface area contributed by atoms with E-state index in [1.807, 2.05) is 6.07 Å². The molecule has 21 heavy (non-hydrogen) atoms. The lowest BCUT2D eigenvalue weighted by molar-refractivity contribution is 0.470. The van der Waals surface area contributed by atoms with Gasteiger partial charge in [-0.05, 0) is 42.7 Å². The summed E-state index contributed by atoms with van der Waals surface area (Å²) in [6.45, 7) is 1.58. The predicted octanol–water partition coefficient (Wildman–Crippen LogP) is 4.44. The van der Waals surface area contributed by atoms with Crippen LogP contribution in [0.4, 0.5) is 8.78 Å². The Hall–Kier alpha value is -1.01. The molecule has 6 heteroatoms. The maximum Gasteiger partial charge on any atom is 0.133 e. The molecule has 0 radical (unpaired) electrons. The Bertz CT molecular complexity index is 664. The first kappa shape index (κ1) is 16.4. The zero-order valence-corrected chi connectivity index (χ0v) is 13.6. The molecule has 0 saturated carbocycles. The minimum Gasteiger partial charge on any atom is -0.271 e. The smallest absolute Gasteiger partial charge is 0.133 e. The molecule has 1 unspecified atom stereocenters. The summed E-state index contributed by atoms with van der Waals surface area (Å²) in [5.41, 5.74) is 3.52. The molecule has 2 aromatic rings. The molecule has 3 N–H and O–H groups in total. The predicted molar refractivity (Wildman–Crippen MR) is 84.0 cm³/mol. The molecule has 0 aliphatic rings. The highest BCUT2D eigenvalue weighted by Crippen LogP contribution is 2.29. The fourth-order valence-electron chi connectivity index (χ4n) is 2.15. The second kappa shape index (κ2) is 6.83.